The van der Waals surface area contributed by atoms with Gasteiger partial charge in [-0.1, -0.05) is 11.1 Å². The Labute approximate surface area is 87.7 Å². The lowest BCUT2D eigenvalue weighted by Crippen LogP contribution is -2.29. The van der Waals surface area contributed by atoms with Crippen LogP contribution in [0.25, 0.3) is 0 Å². The smallest absolute Gasteiger partial charge is 0.317 e. The number of hydrogen-bond acceptors (Lipinski definition) is 4. The standard InChI is InChI=1S/C10H12N2O3/c1-3-4-12(7-10(13)14)6-9-5-8(2)15-11-9/h1,5H,4,6-7H2,2H3,(H,13,14). The number of terminal acetylenes is 1. The van der Waals surface area contributed by atoms with Crippen molar-refractivity contribution in [1.82, 2.24) is 10.1 Å². The van der Waals surface area contributed by atoms with E-state index in [-0.39, 0.29) is 13.1 Å². The maximum Gasteiger partial charge on any atom is 0.317 e. The third kappa shape index (κ3) is 3.83. The van der Waals surface area contributed by atoms with Crippen LogP contribution in [0.3, 0.4) is 0 Å². The Morgan fingerprint density at radius 2 is 2.53 bits per heavy atom. The molecule has 15 heavy (non-hydrogen) atoms. The first-order valence-electron chi connectivity index (χ1n) is 4.41. The predicted molar refractivity (Wildman–Crippen MR) is 53.0 cm³/mol. The molecule has 0 aliphatic rings. The van der Waals surface area contributed by atoms with Crippen molar-refractivity contribution in [3.8, 4) is 12.3 Å². The molecule has 5 nitrogen and oxygen atoms in total. The molecule has 0 saturated carbocycles. The summed E-state index contributed by atoms with van der Waals surface area (Å²) in [5.74, 6) is 2.19. The van der Waals surface area contributed by atoms with E-state index >= 15 is 0 Å². The van der Waals surface area contributed by atoms with Crippen molar-refractivity contribution in [3.05, 3.63) is 17.5 Å². The third-order valence-corrected chi connectivity index (χ3v) is 1.74. The van der Waals surface area contributed by atoms with Crippen LogP contribution in [0.15, 0.2) is 10.6 Å². The largest absolute Gasteiger partial charge is 0.480 e. The molecule has 0 spiro atoms. The number of aromatic nitrogens is 1. The van der Waals surface area contributed by atoms with Crippen molar-refractivity contribution in [3.63, 3.8) is 0 Å². The summed E-state index contributed by atoms with van der Waals surface area (Å²) in [6.45, 7) is 2.33. The van der Waals surface area contributed by atoms with Crippen molar-refractivity contribution in [2.24, 2.45) is 0 Å². The number of rotatable bonds is 5. The van der Waals surface area contributed by atoms with Crippen molar-refractivity contribution in [2.45, 2.75) is 13.5 Å². The first-order chi connectivity index (χ1) is 7.11. The number of aryl methyl sites for hydroxylation is 1. The van der Waals surface area contributed by atoms with Gasteiger partial charge in [-0.3, -0.25) is 9.69 Å². The predicted octanol–water partition coefficient (Wildman–Crippen LogP) is 0.503. The minimum absolute atomic E-state index is 0.101. The second-order valence-electron chi connectivity index (χ2n) is 3.17. The molecule has 0 aliphatic heterocycles. The van der Waals surface area contributed by atoms with E-state index in [0.29, 0.717) is 18.0 Å². The number of nitrogens with zero attached hydrogens (tertiary/aromatic N) is 2. The summed E-state index contributed by atoms with van der Waals surface area (Å²) >= 11 is 0. The Bertz CT molecular complexity index is 378. The van der Waals surface area contributed by atoms with E-state index < -0.39 is 5.97 Å². The monoisotopic (exact) mass is 208 g/mol. The molecule has 0 atom stereocenters. The first-order valence-corrected chi connectivity index (χ1v) is 4.41. The van der Waals surface area contributed by atoms with Crippen LogP contribution in [0.2, 0.25) is 0 Å². The number of hydrogen-bond donors (Lipinski definition) is 1. The Kier molecular flexibility index (Phi) is 3.89. The SMILES string of the molecule is C#CCN(CC(=O)O)Cc1cc(C)on1. The fourth-order valence-corrected chi connectivity index (χ4v) is 1.21. The van der Waals surface area contributed by atoms with Crippen LogP contribution in [-0.2, 0) is 11.3 Å². The topological polar surface area (TPSA) is 66.6 Å². The van der Waals surface area contributed by atoms with Crippen LogP contribution in [0.1, 0.15) is 11.5 Å². The van der Waals surface area contributed by atoms with Crippen LogP contribution >= 0.6 is 0 Å². The van der Waals surface area contributed by atoms with E-state index in [1.165, 1.54) is 0 Å². The molecule has 1 heterocycles. The molecule has 0 bridgehead atoms. The zero-order valence-corrected chi connectivity index (χ0v) is 8.43. The van der Waals surface area contributed by atoms with Gasteiger partial charge in [-0.15, -0.1) is 6.42 Å². The van der Waals surface area contributed by atoms with Gasteiger partial charge in [-0.2, -0.15) is 0 Å². The van der Waals surface area contributed by atoms with E-state index in [2.05, 4.69) is 11.1 Å². The summed E-state index contributed by atoms with van der Waals surface area (Å²) in [4.78, 5) is 12.1. The minimum atomic E-state index is -0.912. The molecule has 1 aromatic heterocycles. The van der Waals surface area contributed by atoms with Crippen LogP contribution in [-0.4, -0.2) is 34.2 Å². The molecular formula is C10H12N2O3. The average molecular weight is 208 g/mol. The van der Waals surface area contributed by atoms with Crippen LogP contribution in [0, 0.1) is 19.3 Å². The normalized spacial score (nSPS) is 10.2. The van der Waals surface area contributed by atoms with E-state index in [0.717, 1.165) is 0 Å². The Balaban J connectivity index is 2.58. The van der Waals surface area contributed by atoms with Gasteiger partial charge in [0.2, 0.25) is 0 Å². The van der Waals surface area contributed by atoms with E-state index in [1.54, 1.807) is 17.9 Å². The molecule has 0 fully saturated rings. The maximum atomic E-state index is 10.5. The molecule has 1 aromatic rings. The first kappa shape index (κ1) is 11.3. The van der Waals surface area contributed by atoms with Crippen LogP contribution in [0.4, 0.5) is 0 Å². The second kappa shape index (κ2) is 5.17. The lowest BCUT2D eigenvalue weighted by Gasteiger charge is -2.14. The lowest BCUT2D eigenvalue weighted by molar-refractivity contribution is -0.138. The number of carboxylic acid groups (broad SMARTS) is 1. The maximum absolute atomic E-state index is 10.5. The fourth-order valence-electron chi connectivity index (χ4n) is 1.21. The highest BCUT2D eigenvalue weighted by molar-refractivity contribution is 5.69. The molecule has 0 aromatic carbocycles. The average Bonchev–Trinajstić information content (AvgIpc) is 2.50. The molecule has 1 rings (SSSR count). The van der Waals surface area contributed by atoms with Gasteiger partial charge in [-0.25, -0.2) is 0 Å². The summed E-state index contributed by atoms with van der Waals surface area (Å²) in [6.07, 6.45) is 5.14. The van der Waals surface area contributed by atoms with Gasteiger partial charge in [0.05, 0.1) is 18.8 Å². The summed E-state index contributed by atoms with van der Waals surface area (Å²) in [6, 6.07) is 1.76. The highest BCUT2D eigenvalue weighted by atomic mass is 16.5. The molecule has 0 radical (unpaired) electrons. The van der Waals surface area contributed by atoms with E-state index in [1.807, 2.05) is 0 Å². The molecule has 0 aliphatic carbocycles. The van der Waals surface area contributed by atoms with E-state index in [4.69, 9.17) is 16.1 Å². The summed E-state index contributed by atoms with van der Waals surface area (Å²) in [5, 5.41) is 12.4. The van der Waals surface area contributed by atoms with Gasteiger partial charge in [0, 0.05) is 12.6 Å². The molecule has 0 saturated heterocycles. The van der Waals surface area contributed by atoms with Gasteiger partial charge in [0.1, 0.15) is 5.76 Å². The van der Waals surface area contributed by atoms with Crippen molar-refractivity contribution >= 4 is 5.97 Å². The highest BCUT2D eigenvalue weighted by Crippen LogP contribution is 2.05. The van der Waals surface area contributed by atoms with Gasteiger partial charge < -0.3 is 9.63 Å². The lowest BCUT2D eigenvalue weighted by atomic mass is 10.3. The van der Waals surface area contributed by atoms with Gasteiger partial charge in [-0.05, 0) is 6.92 Å². The number of carboxylic acids is 1. The second-order valence-corrected chi connectivity index (χ2v) is 3.17. The summed E-state index contributed by atoms with van der Waals surface area (Å²) in [5.41, 5.74) is 0.684. The molecule has 80 valence electrons. The molecule has 1 N–H and O–H groups in total. The van der Waals surface area contributed by atoms with Crippen LogP contribution < -0.4 is 0 Å². The van der Waals surface area contributed by atoms with Gasteiger partial charge in [0.15, 0.2) is 0 Å². The Morgan fingerprint density at radius 3 is 3.00 bits per heavy atom. The third-order valence-electron chi connectivity index (χ3n) is 1.74. The van der Waals surface area contributed by atoms with Crippen molar-refractivity contribution in [1.29, 1.82) is 0 Å². The summed E-state index contributed by atoms with van der Waals surface area (Å²) < 4.78 is 4.87. The fraction of sp³-hybridized carbons (Fsp3) is 0.400. The van der Waals surface area contributed by atoms with E-state index in [9.17, 15) is 4.79 Å². The van der Waals surface area contributed by atoms with Crippen molar-refractivity contribution in [2.75, 3.05) is 13.1 Å². The zero-order valence-electron chi connectivity index (χ0n) is 8.43. The summed E-state index contributed by atoms with van der Waals surface area (Å²) in [7, 11) is 0. The quantitative estimate of drug-likeness (QED) is 0.714. The highest BCUT2D eigenvalue weighted by Gasteiger charge is 2.11. The molecular weight excluding hydrogens is 196 g/mol. The number of aliphatic carboxylic acids is 1. The Hall–Kier alpha value is -1.80. The van der Waals surface area contributed by atoms with Gasteiger partial charge in [0.25, 0.3) is 0 Å². The number of carbonyl (C=O) groups is 1. The minimum Gasteiger partial charge on any atom is -0.480 e. The van der Waals surface area contributed by atoms with Gasteiger partial charge >= 0.3 is 5.97 Å². The van der Waals surface area contributed by atoms with Crippen LogP contribution in [0.5, 0.6) is 0 Å². The molecule has 0 unspecified atom stereocenters. The van der Waals surface area contributed by atoms with Crippen molar-refractivity contribution < 1.29 is 14.4 Å². The Morgan fingerprint density at radius 1 is 1.80 bits per heavy atom. The molecule has 5 heteroatoms. The molecule has 0 amide bonds. The zero-order chi connectivity index (χ0) is 11.3.